The molecule has 0 bridgehead atoms. The molecule has 0 aromatic rings. The second-order valence-corrected chi connectivity index (χ2v) is 4.04. The third kappa shape index (κ3) is 11.3. The van der Waals surface area contributed by atoms with Crippen molar-refractivity contribution in [1.82, 2.24) is 10.6 Å². The number of carbonyl (C=O) groups excluding carboxylic acids is 1. The summed E-state index contributed by atoms with van der Waals surface area (Å²) >= 11 is 0. The van der Waals surface area contributed by atoms with Gasteiger partial charge in [0.25, 0.3) is 0 Å². The van der Waals surface area contributed by atoms with Gasteiger partial charge in [0.15, 0.2) is 0 Å². The molecular weight excluding hydrogens is 192 g/mol. The summed E-state index contributed by atoms with van der Waals surface area (Å²) in [5.41, 5.74) is 0. The van der Waals surface area contributed by atoms with E-state index in [0.717, 1.165) is 32.2 Å². The maximum Gasteiger partial charge on any atom is 0.234 e. The standard InChI is InChI=1S/C11H24N2O2/c1-10(2)13-11(15)9-12-7-5-3-4-6-8-14/h10,12,14H,3-9H2,1-2H3,(H,13,15). The van der Waals surface area contributed by atoms with E-state index in [1.54, 1.807) is 0 Å². The highest BCUT2D eigenvalue weighted by Gasteiger charge is 2.01. The topological polar surface area (TPSA) is 61.4 Å². The van der Waals surface area contributed by atoms with Crippen molar-refractivity contribution in [3.05, 3.63) is 0 Å². The average Bonchev–Trinajstić information content (AvgIpc) is 2.15. The predicted molar refractivity (Wildman–Crippen MR) is 61.7 cm³/mol. The van der Waals surface area contributed by atoms with Crippen molar-refractivity contribution in [2.24, 2.45) is 0 Å². The molecule has 0 atom stereocenters. The maximum atomic E-state index is 11.2. The Kier molecular flexibility index (Phi) is 9.52. The third-order valence-corrected chi connectivity index (χ3v) is 2.00. The van der Waals surface area contributed by atoms with Crippen LogP contribution in [0.4, 0.5) is 0 Å². The van der Waals surface area contributed by atoms with Crippen LogP contribution in [0.25, 0.3) is 0 Å². The van der Waals surface area contributed by atoms with Gasteiger partial charge in [-0.2, -0.15) is 0 Å². The molecule has 0 aromatic carbocycles. The Hall–Kier alpha value is -0.610. The van der Waals surface area contributed by atoms with Crippen LogP contribution in [-0.4, -0.2) is 36.8 Å². The Labute approximate surface area is 92.4 Å². The molecule has 3 N–H and O–H groups in total. The SMILES string of the molecule is CC(C)NC(=O)CNCCCCCCO. The number of hydrogen-bond acceptors (Lipinski definition) is 3. The van der Waals surface area contributed by atoms with E-state index in [1.807, 2.05) is 13.8 Å². The van der Waals surface area contributed by atoms with Crippen molar-refractivity contribution in [1.29, 1.82) is 0 Å². The number of rotatable bonds is 9. The molecule has 4 heteroatoms. The number of nitrogens with one attached hydrogen (secondary N) is 2. The second kappa shape index (κ2) is 9.93. The first-order valence-electron chi connectivity index (χ1n) is 5.77. The van der Waals surface area contributed by atoms with Gasteiger partial charge in [-0.25, -0.2) is 0 Å². The average molecular weight is 216 g/mol. The van der Waals surface area contributed by atoms with E-state index in [1.165, 1.54) is 0 Å². The summed E-state index contributed by atoms with van der Waals surface area (Å²) in [5.74, 6) is 0.0559. The summed E-state index contributed by atoms with van der Waals surface area (Å²) in [6.07, 6.45) is 4.12. The number of amides is 1. The smallest absolute Gasteiger partial charge is 0.234 e. The summed E-state index contributed by atoms with van der Waals surface area (Å²) in [4.78, 5) is 11.2. The lowest BCUT2D eigenvalue weighted by Gasteiger charge is -2.08. The van der Waals surface area contributed by atoms with Crippen LogP contribution in [-0.2, 0) is 4.79 Å². The molecule has 15 heavy (non-hydrogen) atoms. The minimum absolute atomic E-state index is 0.0559. The van der Waals surface area contributed by atoms with Gasteiger partial charge in [0.05, 0.1) is 6.54 Å². The molecule has 0 aliphatic heterocycles. The molecule has 90 valence electrons. The van der Waals surface area contributed by atoms with E-state index < -0.39 is 0 Å². The van der Waals surface area contributed by atoms with E-state index in [0.29, 0.717) is 6.54 Å². The molecule has 0 saturated carbocycles. The van der Waals surface area contributed by atoms with E-state index in [2.05, 4.69) is 10.6 Å². The Morgan fingerprint density at radius 3 is 2.47 bits per heavy atom. The van der Waals surface area contributed by atoms with Crippen LogP contribution in [0.5, 0.6) is 0 Å². The van der Waals surface area contributed by atoms with Gasteiger partial charge in [-0.05, 0) is 33.2 Å². The van der Waals surface area contributed by atoms with E-state index >= 15 is 0 Å². The van der Waals surface area contributed by atoms with Crippen LogP contribution < -0.4 is 10.6 Å². The molecule has 0 rings (SSSR count). The maximum absolute atomic E-state index is 11.2. The lowest BCUT2D eigenvalue weighted by Crippen LogP contribution is -2.37. The Morgan fingerprint density at radius 2 is 1.87 bits per heavy atom. The lowest BCUT2D eigenvalue weighted by atomic mass is 10.2. The highest BCUT2D eigenvalue weighted by atomic mass is 16.2. The van der Waals surface area contributed by atoms with Crippen LogP contribution in [0.1, 0.15) is 39.5 Å². The fourth-order valence-corrected chi connectivity index (χ4v) is 1.29. The predicted octanol–water partition coefficient (Wildman–Crippen LogP) is 0.653. The number of aliphatic hydroxyl groups is 1. The minimum Gasteiger partial charge on any atom is -0.396 e. The number of hydrogen-bond donors (Lipinski definition) is 3. The van der Waals surface area contributed by atoms with Gasteiger partial charge in [0.2, 0.25) is 5.91 Å². The van der Waals surface area contributed by atoms with Crippen LogP contribution in [0.15, 0.2) is 0 Å². The quantitative estimate of drug-likeness (QED) is 0.496. The van der Waals surface area contributed by atoms with Crippen molar-refractivity contribution < 1.29 is 9.90 Å². The Bertz CT molecular complexity index is 161. The zero-order valence-electron chi connectivity index (χ0n) is 9.88. The summed E-state index contributed by atoms with van der Waals surface area (Å²) in [6.45, 7) is 5.46. The highest BCUT2D eigenvalue weighted by molar-refractivity contribution is 5.78. The highest BCUT2D eigenvalue weighted by Crippen LogP contribution is 1.97. The molecule has 4 nitrogen and oxygen atoms in total. The van der Waals surface area contributed by atoms with Gasteiger partial charge in [-0.15, -0.1) is 0 Å². The van der Waals surface area contributed by atoms with Gasteiger partial charge in [-0.1, -0.05) is 12.8 Å². The van der Waals surface area contributed by atoms with Crippen LogP contribution in [0, 0.1) is 0 Å². The Morgan fingerprint density at radius 1 is 1.20 bits per heavy atom. The van der Waals surface area contributed by atoms with Gasteiger partial charge >= 0.3 is 0 Å². The van der Waals surface area contributed by atoms with Crippen molar-refractivity contribution in [2.45, 2.75) is 45.6 Å². The summed E-state index contributed by atoms with van der Waals surface area (Å²) in [6, 6.07) is 0.212. The molecule has 0 aliphatic rings. The zero-order chi connectivity index (χ0) is 11.5. The zero-order valence-corrected chi connectivity index (χ0v) is 9.88. The fraction of sp³-hybridized carbons (Fsp3) is 0.909. The van der Waals surface area contributed by atoms with Crippen molar-refractivity contribution >= 4 is 5.91 Å². The first-order valence-corrected chi connectivity index (χ1v) is 5.77. The summed E-state index contributed by atoms with van der Waals surface area (Å²) < 4.78 is 0. The van der Waals surface area contributed by atoms with Crippen LogP contribution in [0.2, 0.25) is 0 Å². The summed E-state index contributed by atoms with van der Waals surface area (Å²) in [7, 11) is 0. The molecule has 0 radical (unpaired) electrons. The van der Waals surface area contributed by atoms with Gasteiger partial charge in [0.1, 0.15) is 0 Å². The minimum atomic E-state index is 0.0559. The first kappa shape index (κ1) is 14.4. The van der Waals surface area contributed by atoms with Crippen molar-refractivity contribution in [3.8, 4) is 0 Å². The molecule has 1 amide bonds. The monoisotopic (exact) mass is 216 g/mol. The molecule has 0 saturated heterocycles. The van der Waals surface area contributed by atoms with Gasteiger partial charge in [-0.3, -0.25) is 4.79 Å². The van der Waals surface area contributed by atoms with Crippen LogP contribution >= 0.6 is 0 Å². The normalized spacial score (nSPS) is 10.7. The van der Waals surface area contributed by atoms with Gasteiger partial charge in [0, 0.05) is 12.6 Å². The molecule has 0 spiro atoms. The largest absolute Gasteiger partial charge is 0.396 e. The van der Waals surface area contributed by atoms with Crippen molar-refractivity contribution in [2.75, 3.05) is 19.7 Å². The molecule has 0 unspecified atom stereocenters. The molecule has 0 fully saturated rings. The van der Waals surface area contributed by atoms with Gasteiger partial charge < -0.3 is 15.7 Å². The summed E-state index contributed by atoms with van der Waals surface area (Å²) in [5, 5.41) is 14.5. The number of unbranched alkanes of at least 4 members (excludes halogenated alkanes) is 3. The number of aliphatic hydroxyl groups excluding tert-OH is 1. The van der Waals surface area contributed by atoms with E-state index in [4.69, 9.17) is 5.11 Å². The van der Waals surface area contributed by atoms with Crippen LogP contribution in [0.3, 0.4) is 0 Å². The van der Waals surface area contributed by atoms with Crippen molar-refractivity contribution in [3.63, 3.8) is 0 Å². The third-order valence-electron chi connectivity index (χ3n) is 2.00. The molecule has 0 aromatic heterocycles. The Balaban J connectivity index is 3.13. The molecule has 0 heterocycles. The molecular formula is C11H24N2O2. The first-order chi connectivity index (χ1) is 7.16. The molecule has 0 aliphatic carbocycles. The van der Waals surface area contributed by atoms with E-state index in [-0.39, 0.29) is 18.6 Å². The fourth-order valence-electron chi connectivity index (χ4n) is 1.29. The second-order valence-electron chi connectivity index (χ2n) is 4.04. The number of carbonyl (C=O) groups is 1. The lowest BCUT2D eigenvalue weighted by molar-refractivity contribution is -0.120. The van der Waals surface area contributed by atoms with E-state index in [9.17, 15) is 4.79 Å².